The fourth-order valence-corrected chi connectivity index (χ4v) is 2.34. The van der Waals surface area contributed by atoms with Crippen LogP contribution < -0.4 is 0 Å². The molecule has 0 aliphatic carbocycles. The Hall–Kier alpha value is -1.87. The predicted molar refractivity (Wildman–Crippen MR) is 73.8 cm³/mol. The van der Waals surface area contributed by atoms with Gasteiger partial charge in [0.05, 0.1) is 5.39 Å². The number of hydrogen-bond donors (Lipinski definition) is 1. The Morgan fingerprint density at radius 2 is 1.78 bits per heavy atom. The molecule has 0 aliphatic rings. The molecule has 3 rings (SSSR count). The molecule has 2 heterocycles. The Labute approximate surface area is 110 Å². The number of aryl methyl sites for hydroxylation is 2. The zero-order chi connectivity index (χ0) is 12.7. The quantitative estimate of drug-likeness (QED) is 0.672. The number of fused-ring (bicyclic) bond motifs is 1. The number of aromatic amines is 1. The zero-order valence-corrected chi connectivity index (χ0v) is 10.9. The molecule has 0 spiro atoms. The normalized spacial score (nSPS) is 11.1. The summed E-state index contributed by atoms with van der Waals surface area (Å²) in [6.07, 6.45) is 0. The summed E-state index contributed by atoms with van der Waals surface area (Å²) in [6.45, 7) is 4.03. The topological polar surface area (TPSA) is 41.6 Å². The molecule has 0 fully saturated rings. The Kier molecular flexibility index (Phi) is 2.56. The number of rotatable bonds is 1. The number of nitrogens with one attached hydrogen (secondary N) is 1. The van der Waals surface area contributed by atoms with Gasteiger partial charge in [-0.3, -0.25) is 0 Å². The fourth-order valence-electron chi connectivity index (χ4n) is 2.03. The molecule has 0 saturated carbocycles. The summed E-state index contributed by atoms with van der Waals surface area (Å²) in [6, 6.07) is 9.83. The highest BCUT2D eigenvalue weighted by atomic mass is 35.5. The highest BCUT2D eigenvalue weighted by molar-refractivity contribution is 6.34. The standard InChI is InChI=1S/C14H12ClN3/c1-8-9(2)16-14-11(8)12(15)17-13(18-14)10-6-4-3-5-7-10/h3-7H,1-2H3,(H,16,17,18). The average Bonchev–Trinajstić information content (AvgIpc) is 2.66. The van der Waals surface area contributed by atoms with E-state index >= 15 is 0 Å². The van der Waals surface area contributed by atoms with E-state index in [1.807, 2.05) is 44.2 Å². The molecule has 0 unspecified atom stereocenters. The third kappa shape index (κ3) is 1.68. The summed E-state index contributed by atoms with van der Waals surface area (Å²) in [4.78, 5) is 12.2. The van der Waals surface area contributed by atoms with Gasteiger partial charge < -0.3 is 4.98 Å². The average molecular weight is 258 g/mol. The van der Waals surface area contributed by atoms with Crippen LogP contribution in [-0.4, -0.2) is 15.0 Å². The lowest BCUT2D eigenvalue weighted by molar-refractivity contribution is 1.19. The Balaban J connectivity index is 2.28. The summed E-state index contributed by atoms with van der Waals surface area (Å²) < 4.78 is 0. The summed E-state index contributed by atoms with van der Waals surface area (Å²) in [5, 5.41) is 1.41. The second-order valence-electron chi connectivity index (χ2n) is 4.30. The van der Waals surface area contributed by atoms with Crippen LogP contribution in [-0.2, 0) is 0 Å². The van der Waals surface area contributed by atoms with E-state index in [2.05, 4.69) is 15.0 Å². The second-order valence-corrected chi connectivity index (χ2v) is 4.66. The maximum absolute atomic E-state index is 6.26. The van der Waals surface area contributed by atoms with Gasteiger partial charge in [0, 0.05) is 11.3 Å². The van der Waals surface area contributed by atoms with E-state index in [0.29, 0.717) is 11.0 Å². The van der Waals surface area contributed by atoms with E-state index < -0.39 is 0 Å². The molecule has 90 valence electrons. The molecule has 0 saturated heterocycles. The number of hydrogen-bond acceptors (Lipinski definition) is 2. The fraction of sp³-hybridized carbons (Fsp3) is 0.143. The first-order chi connectivity index (χ1) is 8.66. The predicted octanol–water partition coefficient (Wildman–Crippen LogP) is 3.90. The van der Waals surface area contributed by atoms with Crippen LogP contribution in [0.4, 0.5) is 0 Å². The van der Waals surface area contributed by atoms with E-state index in [4.69, 9.17) is 11.6 Å². The molecule has 0 amide bonds. The SMILES string of the molecule is Cc1[nH]c2nc(-c3ccccc3)nc(Cl)c2c1C. The van der Waals surface area contributed by atoms with Crippen molar-refractivity contribution in [3.63, 3.8) is 0 Å². The zero-order valence-electron chi connectivity index (χ0n) is 10.2. The van der Waals surface area contributed by atoms with E-state index in [-0.39, 0.29) is 0 Å². The van der Waals surface area contributed by atoms with Crippen molar-refractivity contribution in [2.45, 2.75) is 13.8 Å². The van der Waals surface area contributed by atoms with E-state index in [0.717, 1.165) is 27.9 Å². The van der Waals surface area contributed by atoms with Crippen molar-refractivity contribution in [2.24, 2.45) is 0 Å². The van der Waals surface area contributed by atoms with Gasteiger partial charge in [-0.25, -0.2) is 9.97 Å². The van der Waals surface area contributed by atoms with Crippen LogP contribution in [0.1, 0.15) is 11.3 Å². The maximum Gasteiger partial charge on any atom is 0.163 e. The van der Waals surface area contributed by atoms with Crippen LogP contribution in [0.3, 0.4) is 0 Å². The van der Waals surface area contributed by atoms with Crippen molar-refractivity contribution in [1.82, 2.24) is 15.0 Å². The smallest absolute Gasteiger partial charge is 0.163 e. The molecule has 0 aliphatic heterocycles. The minimum atomic E-state index is 0.501. The van der Waals surface area contributed by atoms with Gasteiger partial charge in [-0.05, 0) is 19.4 Å². The number of halogens is 1. The minimum Gasteiger partial charge on any atom is -0.343 e. The summed E-state index contributed by atoms with van der Waals surface area (Å²) in [5.41, 5.74) is 3.94. The molecule has 3 nitrogen and oxygen atoms in total. The number of benzene rings is 1. The molecule has 1 aromatic carbocycles. The third-order valence-electron chi connectivity index (χ3n) is 3.14. The molecule has 1 N–H and O–H groups in total. The summed E-state index contributed by atoms with van der Waals surface area (Å²) in [7, 11) is 0. The van der Waals surface area contributed by atoms with Crippen LogP contribution in [0.15, 0.2) is 30.3 Å². The Bertz CT molecular complexity index is 717. The van der Waals surface area contributed by atoms with E-state index in [9.17, 15) is 0 Å². The summed E-state index contributed by atoms with van der Waals surface area (Å²) in [5.74, 6) is 0.648. The van der Waals surface area contributed by atoms with Crippen LogP contribution in [0.25, 0.3) is 22.4 Å². The van der Waals surface area contributed by atoms with Gasteiger partial charge >= 0.3 is 0 Å². The minimum absolute atomic E-state index is 0.501. The van der Waals surface area contributed by atoms with Crippen LogP contribution in [0.2, 0.25) is 5.15 Å². The van der Waals surface area contributed by atoms with Crippen molar-refractivity contribution in [2.75, 3.05) is 0 Å². The van der Waals surface area contributed by atoms with Gasteiger partial charge in [-0.2, -0.15) is 0 Å². The Morgan fingerprint density at radius 1 is 1.06 bits per heavy atom. The first-order valence-corrected chi connectivity index (χ1v) is 6.12. The van der Waals surface area contributed by atoms with E-state index in [1.54, 1.807) is 0 Å². The molecule has 4 heteroatoms. The second kappa shape index (κ2) is 4.10. The van der Waals surface area contributed by atoms with Crippen molar-refractivity contribution < 1.29 is 0 Å². The number of H-pyrrole nitrogens is 1. The lowest BCUT2D eigenvalue weighted by atomic mass is 10.2. The largest absolute Gasteiger partial charge is 0.343 e. The first-order valence-electron chi connectivity index (χ1n) is 5.74. The lowest BCUT2D eigenvalue weighted by Crippen LogP contribution is -1.91. The van der Waals surface area contributed by atoms with Crippen LogP contribution >= 0.6 is 11.6 Å². The van der Waals surface area contributed by atoms with E-state index in [1.165, 1.54) is 0 Å². The molecule has 0 bridgehead atoms. The van der Waals surface area contributed by atoms with Crippen molar-refractivity contribution >= 4 is 22.6 Å². The van der Waals surface area contributed by atoms with Gasteiger partial charge in [0.2, 0.25) is 0 Å². The first kappa shape index (κ1) is 11.2. The summed E-state index contributed by atoms with van der Waals surface area (Å²) >= 11 is 6.26. The highest BCUT2D eigenvalue weighted by Crippen LogP contribution is 2.28. The maximum atomic E-state index is 6.26. The van der Waals surface area contributed by atoms with Crippen molar-refractivity contribution in [3.8, 4) is 11.4 Å². The molecule has 2 aromatic heterocycles. The molecular formula is C14H12ClN3. The van der Waals surface area contributed by atoms with Crippen LogP contribution in [0.5, 0.6) is 0 Å². The molecule has 3 aromatic rings. The van der Waals surface area contributed by atoms with Gasteiger partial charge in [0.1, 0.15) is 10.8 Å². The molecule has 0 atom stereocenters. The van der Waals surface area contributed by atoms with Gasteiger partial charge in [0.15, 0.2) is 5.82 Å². The third-order valence-corrected chi connectivity index (χ3v) is 3.41. The molecule has 18 heavy (non-hydrogen) atoms. The van der Waals surface area contributed by atoms with Gasteiger partial charge in [-0.1, -0.05) is 41.9 Å². The highest BCUT2D eigenvalue weighted by Gasteiger charge is 2.13. The molecule has 0 radical (unpaired) electrons. The molecular weight excluding hydrogens is 246 g/mol. The lowest BCUT2D eigenvalue weighted by Gasteiger charge is -2.01. The Morgan fingerprint density at radius 3 is 2.50 bits per heavy atom. The van der Waals surface area contributed by atoms with Crippen molar-refractivity contribution in [3.05, 3.63) is 46.7 Å². The van der Waals surface area contributed by atoms with Crippen molar-refractivity contribution in [1.29, 1.82) is 0 Å². The monoisotopic (exact) mass is 257 g/mol. The van der Waals surface area contributed by atoms with Gasteiger partial charge in [-0.15, -0.1) is 0 Å². The van der Waals surface area contributed by atoms with Gasteiger partial charge in [0.25, 0.3) is 0 Å². The van der Waals surface area contributed by atoms with Crippen LogP contribution in [0, 0.1) is 13.8 Å². The number of nitrogens with zero attached hydrogens (tertiary/aromatic N) is 2. The number of aromatic nitrogens is 3.